The molecule has 0 atom stereocenters. The topological polar surface area (TPSA) is 39.1 Å². The number of aryl methyl sites for hydroxylation is 1. The number of benzene rings is 1. The molecule has 2 rings (SSSR count). The molecule has 0 saturated heterocycles. The molecule has 2 aromatic rings. The predicted octanol–water partition coefficient (Wildman–Crippen LogP) is 3.76. The van der Waals surface area contributed by atoms with Gasteiger partial charge in [-0.15, -0.1) is 0 Å². The van der Waals surface area contributed by atoms with Crippen LogP contribution >= 0.6 is 0 Å². The highest BCUT2D eigenvalue weighted by Crippen LogP contribution is 2.31. The lowest BCUT2D eigenvalue weighted by atomic mass is 10.0. The van der Waals surface area contributed by atoms with Gasteiger partial charge in [0.1, 0.15) is 0 Å². The summed E-state index contributed by atoms with van der Waals surface area (Å²) in [5.41, 5.74) is -1.19. The Morgan fingerprint density at radius 2 is 1.91 bits per heavy atom. The molecule has 0 bridgehead atoms. The Balaban J connectivity index is 2.70. The van der Waals surface area contributed by atoms with Crippen LogP contribution in [0.25, 0.3) is 11.1 Å². The molecule has 3 nitrogen and oxygen atoms in total. The van der Waals surface area contributed by atoms with Gasteiger partial charge in [0.25, 0.3) is 0 Å². The number of Topliss-reactive ketones (excluding diaryl/α,β-unsaturated/α-hetero) is 1. The fourth-order valence-electron chi connectivity index (χ4n) is 2.13. The molecule has 0 amide bonds. The van der Waals surface area contributed by atoms with E-state index >= 15 is 0 Å². The Kier molecular flexibility index (Phi) is 4.21. The maximum atomic E-state index is 12.8. The summed E-state index contributed by atoms with van der Waals surface area (Å²) in [6.45, 7) is 3.56. The molecule has 1 heterocycles. The van der Waals surface area contributed by atoms with Crippen molar-refractivity contribution in [3.8, 4) is 11.1 Å². The second-order valence-electron chi connectivity index (χ2n) is 4.88. The Morgan fingerprint density at radius 1 is 1.23 bits per heavy atom. The molecule has 1 aromatic heterocycles. The standard InChI is InChI=1S/C16H14F3NO2/c1-3-20-8-13(10(2)21)15(22)14(9-20)11-5-4-6-12(7-11)16(17,18)19/h4-9H,3H2,1-2H3. The predicted molar refractivity (Wildman–Crippen MR) is 76.8 cm³/mol. The molecule has 0 spiro atoms. The van der Waals surface area contributed by atoms with Gasteiger partial charge in [-0.25, -0.2) is 0 Å². The highest BCUT2D eigenvalue weighted by atomic mass is 19.4. The Labute approximate surface area is 125 Å². The SMILES string of the molecule is CCn1cc(C(C)=O)c(=O)c(-c2cccc(C(F)(F)F)c2)c1. The molecule has 1 aromatic carbocycles. The number of pyridine rings is 1. The van der Waals surface area contributed by atoms with E-state index in [1.165, 1.54) is 31.5 Å². The number of ketones is 1. The van der Waals surface area contributed by atoms with Gasteiger partial charge in [-0.1, -0.05) is 12.1 Å². The second kappa shape index (κ2) is 5.79. The summed E-state index contributed by atoms with van der Waals surface area (Å²) in [4.78, 5) is 23.9. The van der Waals surface area contributed by atoms with E-state index in [1.54, 1.807) is 4.57 Å². The molecule has 0 aliphatic carbocycles. The van der Waals surface area contributed by atoms with Crippen LogP contribution < -0.4 is 5.43 Å². The van der Waals surface area contributed by atoms with E-state index in [4.69, 9.17) is 0 Å². The normalized spacial score (nSPS) is 11.5. The van der Waals surface area contributed by atoms with Crippen LogP contribution in [0.3, 0.4) is 0 Å². The molecule has 116 valence electrons. The number of carbonyl (C=O) groups is 1. The Bertz CT molecular complexity index is 776. The zero-order chi connectivity index (χ0) is 16.5. The number of hydrogen-bond acceptors (Lipinski definition) is 2. The van der Waals surface area contributed by atoms with Gasteiger partial charge < -0.3 is 4.57 Å². The molecule has 22 heavy (non-hydrogen) atoms. The van der Waals surface area contributed by atoms with Gasteiger partial charge in [-0.2, -0.15) is 13.2 Å². The zero-order valence-electron chi connectivity index (χ0n) is 12.1. The zero-order valence-corrected chi connectivity index (χ0v) is 12.1. The minimum atomic E-state index is -4.49. The van der Waals surface area contributed by atoms with Crippen LogP contribution in [-0.4, -0.2) is 10.4 Å². The van der Waals surface area contributed by atoms with Crippen molar-refractivity contribution in [2.75, 3.05) is 0 Å². The summed E-state index contributed by atoms with van der Waals surface area (Å²) in [7, 11) is 0. The smallest absolute Gasteiger partial charge is 0.353 e. The van der Waals surface area contributed by atoms with Crippen molar-refractivity contribution in [3.05, 3.63) is 58.0 Å². The number of halogens is 3. The minimum absolute atomic E-state index is 0.0308. The number of alkyl halides is 3. The lowest BCUT2D eigenvalue weighted by Crippen LogP contribution is -2.18. The maximum absolute atomic E-state index is 12.8. The van der Waals surface area contributed by atoms with E-state index in [2.05, 4.69) is 0 Å². The molecule has 0 fully saturated rings. The first-order valence-electron chi connectivity index (χ1n) is 6.66. The van der Waals surface area contributed by atoms with Crippen molar-refractivity contribution in [2.45, 2.75) is 26.6 Å². The third-order valence-corrected chi connectivity index (χ3v) is 3.32. The maximum Gasteiger partial charge on any atom is 0.416 e. The molecule has 0 saturated carbocycles. The quantitative estimate of drug-likeness (QED) is 0.810. The van der Waals surface area contributed by atoms with Gasteiger partial charge >= 0.3 is 6.18 Å². The van der Waals surface area contributed by atoms with E-state index in [1.807, 2.05) is 6.92 Å². The highest BCUT2D eigenvalue weighted by molar-refractivity contribution is 5.94. The van der Waals surface area contributed by atoms with Gasteiger partial charge in [0.05, 0.1) is 11.1 Å². The lowest BCUT2D eigenvalue weighted by Gasteiger charge is -2.11. The fourth-order valence-corrected chi connectivity index (χ4v) is 2.13. The van der Waals surface area contributed by atoms with E-state index in [0.29, 0.717) is 6.54 Å². The third kappa shape index (κ3) is 3.10. The summed E-state index contributed by atoms with van der Waals surface area (Å²) >= 11 is 0. The van der Waals surface area contributed by atoms with Crippen LogP contribution in [0, 0.1) is 0 Å². The van der Waals surface area contributed by atoms with Gasteiger partial charge in [0.2, 0.25) is 0 Å². The number of aromatic nitrogens is 1. The Morgan fingerprint density at radius 3 is 2.45 bits per heavy atom. The van der Waals surface area contributed by atoms with E-state index in [0.717, 1.165) is 12.1 Å². The molecule has 0 N–H and O–H groups in total. The molecule has 0 aliphatic heterocycles. The minimum Gasteiger partial charge on any atom is -0.353 e. The largest absolute Gasteiger partial charge is 0.416 e. The molecular weight excluding hydrogens is 295 g/mol. The summed E-state index contributed by atoms with van der Waals surface area (Å²) in [6.07, 6.45) is -1.61. The first-order chi connectivity index (χ1) is 10.2. The van der Waals surface area contributed by atoms with Crippen LogP contribution in [0.15, 0.2) is 41.5 Å². The van der Waals surface area contributed by atoms with Crippen molar-refractivity contribution in [2.24, 2.45) is 0 Å². The summed E-state index contributed by atoms with van der Waals surface area (Å²) in [6, 6.07) is 4.53. The summed E-state index contributed by atoms with van der Waals surface area (Å²) in [5.74, 6) is -0.416. The summed E-state index contributed by atoms with van der Waals surface area (Å²) in [5, 5.41) is 0. The van der Waals surface area contributed by atoms with Crippen LogP contribution in [0.4, 0.5) is 13.2 Å². The molecule has 6 heteroatoms. The number of hydrogen-bond donors (Lipinski definition) is 0. The van der Waals surface area contributed by atoms with Crippen molar-refractivity contribution in [3.63, 3.8) is 0 Å². The molecule has 0 unspecified atom stereocenters. The van der Waals surface area contributed by atoms with Gasteiger partial charge in [-0.05, 0) is 31.5 Å². The monoisotopic (exact) mass is 309 g/mol. The molecule has 0 radical (unpaired) electrons. The Hall–Kier alpha value is -2.37. The van der Waals surface area contributed by atoms with Crippen LogP contribution in [0.5, 0.6) is 0 Å². The fraction of sp³-hybridized carbons (Fsp3) is 0.250. The van der Waals surface area contributed by atoms with E-state index < -0.39 is 23.0 Å². The van der Waals surface area contributed by atoms with Crippen LogP contribution in [-0.2, 0) is 12.7 Å². The number of carbonyl (C=O) groups excluding carboxylic acids is 1. The van der Waals surface area contributed by atoms with E-state index in [9.17, 15) is 22.8 Å². The highest BCUT2D eigenvalue weighted by Gasteiger charge is 2.30. The number of rotatable bonds is 3. The van der Waals surface area contributed by atoms with Gasteiger partial charge in [0, 0.05) is 24.5 Å². The van der Waals surface area contributed by atoms with Crippen molar-refractivity contribution >= 4 is 5.78 Å². The van der Waals surface area contributed by atoms with Crippen LogP contribution in [0.1, 0.15) is 29.8 Å². The van der Waals surface area contributed by atoms with Crippen molar-refractivity contribution < 1.29 is 18.0 Å². The third-order valence-electron chi connectivity index (χ3n) is 3.32. The van der Waals surface area contributed by atoms with Gasteiger partial charge in [0.15, 0.2) is 11.2 Å². The van der Waals surface area contributed by atoms with Gasteiger partial charge in [-0.3, -0.25) is 9.59 Å². The average Bonchev–Trinajstić information content (AvgIpc) is 2.46. The number of nitrogens with zero attached hydrogens (tertiary/aromatic N) is 1. The van der Waals surface area contributed by atoms with Crippen LogP contribution in [0.2, 0.25) is 0 Å². The van der Waals surface area contributed by atoms with Crippen molar-refractivity contribution in [1.82, 2.24) is 4.57 Å². The first kappa shape index (κ1) is 16.0. The summed E-state index contributed by atoms with van der Waals surface area (Å²) < 4.78 is 40.0. The molecular formula is C16H14F3NO2. The average molecular weight is 309 g/mol. The second-order valence-corrected chi connectivity index (χ2v) is 4.88. The first-order valence-corrected chi connectivity index (χ1v) is 6.66. The molecule has 0 aliphatic rings. The van der Waals surface area contributed by atoms with E-state index in [-0.39, 0.29) is 16.7 Å². The lowest BCUT2D eigenvalue weighted by molar-refractivity contribution is -0.137. The van der Waals surface area contributed by atoms with Crippen molar-refractivity contribution in [1.29, 1.82) is 0 Å².